The highest BCUT2D eigenvalue weighted by Gasteiger charge is 2.40. The van der Waals surface area contributed by atoms with Gasteiger partial charge in [-0.2, -0.15) is 0 Å². The Hall–Kier alpha value is -5.48. The van der Waals surface area contributed by atoms with Gasteiger partial charge in [0.05, 0.1) is 0 Å². The van der Waals surface area contributed by atoms with Crippen molar-refractivity contribution < 1.29 is 0 Å². The first-order valence-corrected chi connectivity index (χ1v) is 15.6. The van der Waals surface area contributed by atoms with Crippen molar-refractivity contribution in [2.45, 2.75) is 31.6 Å². The molecule has 0 saturated carbocycles. The summed E-state index contributed by atoms with van der Waals surface area (Å²) < 4.78 is 0. The van der Waals surface area contributed by atoms with E-state index in [2.05, 4.69) is 80.6 Å². The second-order valence-corrected chi connectivity index (χ2v) is 12.7. The van der Waals surface area contributed by atoms with Crippen LogP contribution in [0.4, 0.5) is 0 Å². The summed E-state index contributed by atoms with van der Waals surface area (Å²) in [5, 5.41) is 2.61. The van der Waals surface area contributed by atoms with Crippen LogP contribution < -0.4 is 0 Å². The van der Waals surface area contributed by atoms with Crippen molar-refractivity contribution in [1.82, 2.24) is 19.9 Å². The molecule has 7 aromatic rings. The second-order valence-electron chi connectivity index (χ2n) is 12.7. The number of rotatable bonds is 4. The summed E-state index contributed by atoms with van der Waals surface area (Å²) in [5.41, 5.74) is 13.5. The third-order valence-electron chi connectivity index (χ3n) is 9.84. The lowest BCUT2D eigenvalue weighted by Crippen LogP contribution is -2.27. The molecule has 0 amide bonds. The Morgan fingerprint density at radius 2 is 1.18 bits per heavy atom. The van der Waals surface area contributed by atoms with Gasteiger partial charge in [-0.05, 0) is 67.8 Å². The summed E-state index contributed by atoms with van der Waals surface area (Å²) in [6.07, 6.45) is 8.90. The Balaban J connectivity index is 1.24. The number of benzene rings is 5. The van der Waals surface area contributed by atoms with Gasteiger partial charge in [-0.1, -0.05) is 111 Å². The monoisotopic (exact) mass is 578 g/mol. The van der Waals surface area contributed by atoms with E-state index in [1.807, 2.05) is 61.2 Å². The smallest absolute Gasteiger partial charge is 0.159 e. The fraction of sp³-hybridized carbons (Fsp3) is 0.122. The molecule has 4 heteroatoms. The molecule has 0 fully saturated rings. The molecular weight excluding hydrogens is 548 g/mol. The van der Waals surface area contributed by atoms with E-state index in [1.54, 1.807) is 0 Å². The van der Waals surface area contributed by atoms with Crippen LogP contribution in [0.2, 0.25) is 0 Å². The maximum absolute atomic E-state index is 4.84. The first kappa shape index (κ1) is 26.0. The summed E-state index contributed by atoms with van der Waals surface area (Å²) in [6.45, 7) is 4.73. The van der Waals surface area contributed by atoms with E-state index in [4.69, 9.17) is 19.9 Å². The van der Waals surface area contributed by atoms with E-state index in [1.165, 1.54) is 49.7 Å². The third-order valence-corrected chi connectivity index (χ3v) is 9.84. The van der Waals surface area contributed by atoms with E-state index < -0.39 is 0 Å². The Kier molecular flexibility index (Phi) is 5.63. The summed E-state index contributed by atoms with van der Waals surface area (Å²) in [6, 6.07) is 36.4. The number of hydrogen-bond acceptors (Lipinski definition) is 4. The van der Waals surface area contributed by atoms with Gasteiger partial charge < -0.3 is 0 Å². The van der Waals surface area contributed by atoms with Crippen LogP contribution in [0.5, 0.6) is 0 Å². The van der Waals surface area contributed by atoms with Crippen LogP contribution in [0.15, 0.2) is 128 Å². The molecule has 2 aliphatic rings. The molecule has 45 heavy (non-hydrogen) atoms. The quantitative estimate of drug-likeness (QED) is 0.209. The van der Waals surface area contributed by atoms with Gasteiger partial charge in [0.25, 0.3) is 0 Å². The van der Waals surface area contributed by atoms with E-state index in [0.29, 0.717) is 0 Å². The first-order valence-electron chi connectivity index (χ1n) is 15.6. The zero-order valence-corrected chi connectivity index (χ0v) is 25.2. The molecule has 0 aliphatic heterocycles. The molecule has 214 valence electrons. The molecule has 2 heterocycles. The van der Waals surface area contributed by atoms with Gasteiger partial charge in [0.2, 0.25) is 0 Å². The minimum atomic E-state index is -0.156. The summed E-state index contributed by atoms with van der Waals surface area (Å²) >= 11 is 0. The minimum Gasteiger partial charge on any atom is -0.236 e. The molecule has 2 aromatic heterocycles. The van der Waals surface area contributed by atoms with Crippen LogP contribution in [0.25, 0.3) is 55.8 Å². The average molecular weight is 579 g/mol. The van der Waals surface area contributed by atoms with Gasteiger partial charge in [-0.3, -0.25) is 0 Å². The maximum Gasteiger partial charge on any atom is 0.159 e. The summed E-state index contributed by atoms with van der Waals surface area (Å²) in [4.78, 5) is 19.3. The predicted octanol–water partition coefficient (Wildman–Crippen LogP) is 9.42. The maximum atomic E-state index is 4.84. The Morgan fingerprint density at radius 1 is 0.578 bits per heavy atom. The SMILES string of the molecule is CC1(C)c2cccc3c2-c2c(cc(-c4cnc(-c5ccccc5)nc4)c4cccc1c24)CC3c1cnc(-c2ccccc2)nc1. The van der Waals surface area contributed by atoms with Crippen molar-refractivity contribution in [3.63, 3.8) is 0 Å². The van der Waals surface area contributed by atoms with E-state index in [9.17, 15) is 0 Å². The molecule has 1 atom stereocenters. The average Bonchev–Trinajstić information content (AvgIpc) is 3.10. The highest BCUT2D eigenvalue weighted by atomic mass is 14.9. The van der Waals surface area contributed by atoms with Crippen molar-refractivity contribution in [3.8, 4) is 45.0 Å². The van der Waals surface area contributed by atoms with Crippen LogP contribution in [-0.2, 0) is 11.8 Å². The van der Waals surface area contributed by atoms with Crippen molar-refractivity contribution in [2.24, 2.45) is 0 Å². The Bertz CT molecular complexity index is 2240. The molecule has 2 aliphatic carbocycles. The van der Waals surface area contributed by atoms with Crippen molar-refractivity contribution in [2.75, 3.05) is 0 Å². The largest absolute Gasteiger partial charge is 0.236 e. The number of aromatic nitrogens is 4. The topological polar surface area (TPSA) is 51.6 Å². The second kappa shape index (κ2) is 9.76. The lowest BCUT2D eigenvalue weighted by Gasteiger charge is -2.41. The molecular formula is C41H30N4. The van der Waals surface area contributed by atoms with Gasteiger partial charge in [0.1, 0.15) is 0 Å². The molecule has 4 nitrogen and oxygen atoms in total. The first-order chi connectivity index (χ1) is 22.1. The Morgan fingerprint density at radius 3 is 1.84 bits per heavy atom. The molecule has 5 aromatic carbocycles. The van der Waals surface area contributed by atoms with Crippen molar-refractivity contribution in [3.05, 3.63) is 156 Å². The van der Waals surface area contributed by atoms with E-state index >= 15 is 0 Å². The van der Waals surface area contributed by atoms with Crippen LogP contribution in [-0.4, -0.2) is 19.9 Å². The van der Waals surface area contributed by atoms with Crippen molar-refractivity contribution >= 4 is 10.8 Å². The highest BCUT2D eigenvalue weighted by molar-refractivity contribution is 6.11. The Labute approximate surface area is 262 Å². The molecule has 0 radical (unpaired) electrons. The lowest BCUT2D eigenvalue weighted by atomic mass is 9.62. The van der Waals surface area contributed by atoms with Crippen LogP contribution in [0, 0.1) is 0 Å². The number of nitrogens with zero attached hydrogens (tertiary/aromatic N) is 4. The predicted molar refractivity (Wildman–Crippen MR) is 181 cm³/mol. The third kappa shape index (κ3) is 3.92. The standard InChI is InChI=1S/C41H30N4/c1-41(2)34-17-9-15-30-32(28-21-42-39(43-22-28)25-11-5-3-6-12-25)19-27-20-33(31-16-10-18-35(41)38(31)36(27)37(30)34)29-23-44-40(45-24-29)26-13-7-4-8-14-26/h3-19,21-24,33H,20H2,1-2H3. The molecule has 0 N–H and O–H groups in total. The summed E-state index contributed by atoms with van der Waals surface area (Å²) in [7, 11) is 0. The zero-order chi connectivity index (χ0) is 30.1. The van der Waals surface area contributed by atoms with Crippen LogP contribution >= 0.6 is 0 Å². The number of hydrogen-bond donors (Lipinski definition) is 0. The zero-order valence-electron chi connectivity index (χ0n) is 25.2. The molecule has 0 spiro atoms. The van der Waals surface area contributed by atoms with Crippen LogP contribution in [0.1, 0.15) is 47.6 Å². The van der Waals surface area contributed by atoms with Gasteiger partial charge in [0.15, 0.2) is 11.6 Å². The molecule has 0 saturated heterocycles. The molecule has 1 unspecified atom stereocenters. The normalized spacial score (nSPS) is 15.6. The van der Waals surface area contributed by atoms with E-state index in [-0.39, 0.29) is 11.3 Å². The fourth-order valence-corrected chi connectivity index (χ4v) is 7.63. The van der Waals surface area contributed by atoms with Gasteiger partial charge in [-0.25, -0.2) is 19.9 Å². The van der Waals surface area contributed by atoms with Crippen LogP contribution in [0.3, 0.4) is 0 Å². The minimum absolute atomic E-state index is 0.153. The van der Waals surface area contributed by atoms with E-state index in [0.717, 1.165) is 40.3 Å². The van der Waals surface area contributed by atoms with Crippen molar-refractivity contribution in [1.29, 1.82) is 0 Å². The fourth-order valence-electron chi connectivity index (χ4n) is 7.63. The highest BCUT2D eigenvalue weighted by Crippen LogP contribution is 2.56. The lowest BCUT2D eigenvalue weighted by molar-refractivity contribution is 0.638. The molecule has 9 rings (SSSR count). The van der Waals surface area contributed by atoms with Gasteiger partial charge in [0, 0.05) is 52.8 Å². The van der Waals surface area contributed by atoms with Gasteiger partial charge >= 0.3 is 0 Å². The summed E-state index contributed by atoms with van der Waals surface area (Å²) in [5.74, 6) is 1.64. The molecule has 0 bridgehead atoms. The van der Waals surface area contributed by atoms with Gasteiger partial charge in [-0.15, -0.1) is 0 Å².